The predicted octanol–water partition coefficient (Wildman–Crippen LogP) is -1.62. The van der Waals surface area contributed by atoms with Crippen molar-refractivity contribution in [3.8, 4) is 0 Å². The molecule has 0 unspecified atom stereocenters. The SMILES string of the molecule is C[C@H](N)C(=O)N[C@@H](CCC(=O)O)C(=O)N[C@@H](CCCCN)C(=O)O. The smallest absolute Gasteiger partial charge is 0.326 e. The van der Waals surface area contributed by atoms with Gasteiger partial charge < -0.3 is 32.3 Å². The van der Waals surface area contributed by atoms with E-state index >= 15 is 0 Å². The van der Waals surface area contributed by atoms with Crippen LogP contribution in [0.4, 0.5) is 0 Å². The second-order valence-corrected chi connectivity index (χ2v) is 5.47. The highest BCUT2D eigenvalue weighted by molar-refractivity contribution is 5.91. The number of amides is 2. The molecule has 0 aliphatic rings. The molecule has 24 heavy (non-hydrogen) atoms. The zero-order valence-corrected chi connectivity index (χ0v) is 13.7. The molecule has 10 nitrogen and oxygen atoms in total. The van der Waals surface area contributed by atoms with E-state index in [-0.39, 0.29) is 19.3 Å². The van der Waals surface area contributed by atoms with Gasteiger partial charge >= 0.3 is 11.9 Å². The van der Waals surface area contributed by atoms with Crippen LogP contribution in [0, 0.1) is 0 Å². The standard InChI is InChI=1S/C14H26N4O6/c1-8(16)12(21)17-9(5-6-11(19)20)13(22)18-10(14(23)24)4-2-3-7-15/h8-10H,2-7,15-16H2,1H3,(H,17,21)(H,18,22)(H,19,20)(H,23,24)/t8-,9-,10-/m0/s1. The molecule has 0 bridgehead atoms. The maximum Gasteiger partial charge on any atom is 0.326 e. The quantitative estimate of drug-likeness (QED) is 0.228. The lowest BCUT2D eigenvalue weighted by Gasteiger charge is -2.21. The first-order valence-electron chi connectivity index (χ1n) is 7.70. The van der Waals surface area contributed by atoms with Crippen molar-refractivity contribution in [2.24, 2.45) is 11.5 Å². The Morgan fingerprint density at radius 3 is 2.00 bits per heavy atom. The lowest BCUT2D eigenvalue weighted by molar-refractivity contribution is -0.143. The lowest BCUT2D eigenvalue weighted by Crippen LogP contribution is -2.54. The Hall–Kier alpha value is -2.20. The van der Waals surface area contributed by atoms with Crippen molar-refractivity contribution >= 4 is 23.8 Å². The van der Waals surface area contributed by atoms with Gasteiger partial charge in [-0.25, -0.2) is 4.79 Å². The van der Waals surface area contributed by atoms with E-state index < -0.39 is 41.9 Å². The molecule has 0 rings (SSSR count). The summed E-state index contributed by atoms with van der Waals surface area (Å²) in [5, 5.41) is 22.5. The molecule has 138 valence electrons. The highest BCUT2D eigenvalue weighted by atomic mass is 16.4. The van der Waals surface area contributed by atoms with E-state index in [1.165, 1.54) is 6.92 Å². The van der Waals surface area contributed by atoms with E-state index in [4.69, 9.17) is 21.7 Å². The molecule has 2 amide bonds. The average molecular weight is 346 g/mol. The minimum absolute atomic E-state index is 0.172. The number of unbranched alkanes of at least 4 members (excludes halogenated alkanes) is 1. The minimum Gasteiger partial charge on any atom is -0.481 e. The maximum absolute atomic E-state index is 12.2. The minimum atomic E-state index is -1.21. The molecule has 0 saturated carbocycles. The first-order valence-corrected chi connectivity index (χ1v) is 7.70. The Morgan fingerprint density at radius 2 is 1.54 bits per heavy atom. The van der Waals surface area contributed by atoms with Crippen LogP contribution in [-0.2, 0) is 19.2 Å². The van der Waals surface area contributed by atoms with Crippen LogP contribution in [0.3, 0.4) is 0 Å². The van der Waals surface area contributed by atoms with Crippen molar-refractivity contribution in [3.05, 3.63) is 0 Å². The van der Waals surface area contributed by atoms with Gasteiger partial charge in [0.2, 0.25) is 11.8 Å². The fourth-order valence-electron chi connectivity index (χ4n) is 1.86. The van der Waals surface area contributed by atoms with Crippen LogP contribution in [0.5, 0.6) is 0 Å². The summed E-state index contributed by atoms with van der Waals surface area (Å²) in [5.74, 6) is -3.74. The third kappa shape index (κ3) is 9.06. The Balaban J connectivity index is 4.87. The van der Waals surface area contributed by atoms with Crippen molar-refractivity contribution in [1.29, 1.82) is 0 Å². The number of nitrogens with one attached hydrogen (secondary N) is 2. The Labute approximate surface area is 139 Å². The van der Waals surface area contributed by atoms with Crippen LogP contribution >= 0.6 is 0 Å². The van der Waals surface area contributed by atoms with Crippen molar-refractivity contribution in [1.82, 2.24) is 10.6 Å². The van der Waals surface area contributed by atoms with Gasteiger partial charge in [-0.15, -0.1) is 0 Å². The monoisotopic (exact) mass is 346 g/mol. The number of carboxylic acid groups (broad SMARTS) is 2. The van der Waals surface area contributed by atoms with Gasteiger partial charge in [-0.1, -0.05) is 0 Å². The molecule has 0 saturated heterocycles. The van der Waals surface area contributed by atoms with Gasteiger partial charge in [-0.2, -0.15) is 0 Å². The number of carboxylic acids is 2. The molecule has 3 atom stereocenters. The number of aliphatic carboxylic acids is 2. The van der Waals surface area contributed by atoms with Gasteiger partial charge in [0.1, 0.15) is 12.1 Å². The Bertz CT molecular complexity index is 455. The number of carbonyl (C=O) groups excluding carboxylic acids is 2. The third-order valence-electron chi connectivity index (χ3n) is 3.25. The van der Waals surface area contributed by atoms with Crippen LogP contribution in [0.25, 0.3) is 0 Å². The van der Waals surface area contributed by atoms with Crippen LogP contribution in [-0.4, -0.2) is 58.6 Å². The van der Waals surface area contributed by atoms with Gasteiger partial charge in [0.15, 0.2) is 0 Å². The van der Waals surface area contributed by atoms with E-state index in [2.05, 4.69) is 10.6 Å². The number of nitrogens with two attached hydrogens (primary N) is 2. The number of hydrogen-bond acceptors (Lipinski definition) is 6. The lowest BCUT2D eigenvalue weighted by atomic mass is 10.1. The topological polar surface area (TPSA) is 185 Å². The molecule has 0 aromatic rings. The summed E-state index contributed by atoms with van der Waals surface area (Å²) in [6, 6.07) is -3.19. The maximum atomic E-state index is 12.2. The zero-order chi connectivity index (χ0) is 18.7. The second kappa shape index (κ2) is 11.4. The van der Waals surface area contributed by atoms with E-state index in [0.29, 0.717) is 19.4 Å². The van der Waals surface area contributed by atoms with E-state index in [1.807, 2.05) is 0 Å². The van der Waals surface area contributed by atoms with Crippen molar-refractivity contribution in [3.63, 3.8) is 0 Å². The molecular formula is C14H26N4O6. The molecular weight excluding hydrogens is 320 g/mol. The summed E-state index contributed by atoms with van der Waals surface area (Å²) < 4.78 is 0. The molecule has 0 aliphatic heterocycles. The molecule has 8 N–H and O–H groups in total. The molecule has 0 aromatic carbocycles. The van der Waals surface area contributed by atoms with Crippen LogP contribution < -0.4 is 22.1 Å². The summed E-state index contributed by atoms with van der Waals surface area (Å²) in [7, 11) is 0. The molecule has 10 heteroatoms. The summed E-state index contributed by atoms with van der Waals surface area (Å²) in [4.78, 5) is 45.7. The van der Waals surface area contributed by atoms with Crippen molar-refractivity contribution in [2.75, 3.05) is 6.54 Å². The van der Waals surface area contributed by atoms with E-state index in [1.54, 1.807) is 0 Å². The number of carbonyl (C=O) groups is 4. The molecule has 0 aromatic heterocycles. The Morgan fingerprint density at radius 1 is 0.958 bits per heavy atom. The van der Waals surface area contributed by atoms with Gasteiger partial charge in [-0.3, -0.25) is 14.4 Å². The number of hydrogen-bond donors (Lipinski definition) is 6. The third-order valence-corrected chi connectivity index (χ3v) is 3.25. The molecule has 0 fully saturated rings. The molecule has 0 aliphatic carbocycles. The average Bonchev–Trinajstić information content (AvgIpc) is 2.49. The highest BCUT2D eigenvalue weighted by Gasteiger charge is 2.27. The summed E-state index contributed by atoms with van der Waals surface area (Å²) >= 11 is 0. The predicted molar refractivity (Wildman–Crippen MR) is 84.9 cm³/mol. The highest BCUT2D eigenvalue weighted by Crippen LogP contribution is 2.04. The van der Waals surface area contributed by atoms with Gasteiger partial charge in [0.05, 0.1) is 6.04 Å². The van der Waals surface area contributed by atoms with Crippen LogP contribution in [0.15, 0.2) is 0 Å². The van der Waals surface area contributed by atoms with Crippen molar-refractivity contribution < 1.29 is 29.4 Å². The largest absolute Gasteiger partial charge is 0.481 e. The number of rotatable bonds is 12. The zero-order valence-electron chi connectivity index (χ0n) is 13.7. The second-order valence-electron chi connectivity index (χ2n) is 5.47. The summed E-state index contributed by atoms with van der Waals surface area (Å²) in [6.07, 6.45) is 0.783. The van der Waals surface area contributed by atoms with Crippen LogP contribution in [0.1, 0.15) is 39.0 Å². The fourth-order valence-corrected chi connectivity index (χ4v) is 1.86. The molecule has 0 spiro atoms. The van der Waals surface area contributed by atoms with Gasteiger partial charge in [-0.05, 0) is 39.2 Å². The summed E-state index contributed by atoms with van der Waals surface area (Å²) in [6.45, 7) is 1.82. The Kier molecular flexibility index (Phi) is 10.3. The first kappa shape index (κ1) is 21.8. The fraction of sp³-hybridized carbons (Fsp3) is 0.714. The van der Waals surface area contributed by atoms with Gasteiger partial charge in [0.25, 0.3) is 0 Å². The normalized spacial score (nSPS) is 14.3. The van der Waals surface area contributed by atoms with Crippen LogP contribution in [0.2, 0.25) is 0 Å². The van der Waals surface area contributed by atoms with Crippen molar-refractivity contribution in [2.45, 2.75) is 57.2 Å². The van der Waals surface area contributed by atoms with E-state index in [9.17, 15) is 19.2 Å². The first-order chi connectivity index (χ1) is 11.2. The van der Waals surface area contributed by atoms with E-state index in [0.717, 1.165) is 0 Å². The molecule has 0 heterocycles. The van der Waals surface area contributed by atoms with Gasteiger partial charge in [0, 0.05) is 6.42 Å². The molecule has 0 radical (unpaired) electrons. The summed E-state index contributed by atoms with van der Waals surface area (Å²) in [5.41, 5.74) is 10.7.